The maximum Gasteiger partial charge on any atom is 0.219 e. The van der Waals surface area contributed by atoms with Gasteiger partial charge in [-0.3, -0.25) is 0 Å². The van der Waals surface area contributed by atoms with Gasteiger partial charge < -0.3 is 9.84 Å². The first-order chi connectivity index (χ1) is 8.20. The number of benzene rings is 1. The number of aromatic nitrogens is 1. The Bertz CT molecular complexity index is 534. The molecule has 0 unspecified atom stereocenters. The van der Waals surface area contributed by atoms with Crippen LogP contribution in [0.1, 0.15) is 5.69 Å². The van der Waals surface area contributed by atoms with Gasteiger partial charge in [-0.2, -0.15) is 0 Å². The molecule has 17 heavy (non-hydrogen) atoms. The molecule has 0 bridgehead atoms. The Balaban J connectivity index is 2.28. The van der Waals surface area contributed by atoms with E-state index < -0.39 is 0 Å². The Hall–Kier alpha value is -1.10. The Morgan fingerprint density at radius 2 is 2.00 bits per heavy atom. The summed E-state index contributed by atoms with van der Waals surface area (Å²) in [6.07, 6.45) is 0. The van der Waals surface area contributed by atoms with Crippen molar-refractivity contribution in [1.82, 2.24) is 4.98 Å². The lowest BCUT2D eigenvalue weighted by molar-refractivity contribution is 0.275. The van der Waals surface area contributed by atoms with E-state index in [0.29, 0.717) is 22.3 Å². The normalized spacial score (nSPS) is 10.3. The van der Waals surface area contributed by atoms with Gasteiger partial charge >= 0.3 is 0 Å². The molecule has 5 heteroatoms. The molecule has 0 radical (unpaired) electrons. The molecule has 88 valence electrons. The molecule has 0 amide bonds. The van der Waals surface area contributed by atoms with Crippen LogP contribution in [0, 0.1) is 0 Å². The summed E-state index contributed by atoms with van der Waals surface area (Å²) >= 11 is 9.22. The summed E-state index contributed by atoms with van der Waals surface area (Å²) in [7, 11) is 0. The van der Waals surface area contributed by atoms with Gasteiger partial charge in [0.1, 0.15) is 5.75 Å². The molecular weight excluding hydrogens is 305 g/mol. The number of nitrogens with zero attached hydrogens (tertiary/aromatic N) is 1. The van der Waals surface area contributed by atoms with Crippen molar-refractivity contribution in [3.8, 4) is 11.6 Å². The molecule has 0 aliphatic carbocycles. The van der Waals surface area contributed by atoms with Crippen molar-refractivity contribution in [2.24, 2.45) is 0 Å². The second kappa shape index (κ2) is 5.49. The number of hydrogen-bond donors (Lipinski definition) is 1. The van der Waals surface area contributed by atoms with Gasteiger partial charge in [0.05, 0.1) is 21.8 Å². The van der Waals surface area contributed by atoms with Crippen LogP contribution in [-0.4, -0.2) is 10.1 Å². The standard InChI is InChI=1S/C12H9BrClNO2/c13-8-3-1-2-4-11(8)17-12-6-5-9(14)10(7-16)15-12/h1-6,16H,7H2. The topological polar surface area (TPSA) is 42.4 Å². The van der Waals surface area contributed by atoms with E-state index >= 15 is 0 Å². The van der Waals surface area contributed by atoms with Gasteiger partial charge in [0.15, 0.2) is 0 Å². The Morgan fingerprint density at radius 1 is 1.24 bits per heavy atom. The lowest BCUT2D eigenvalue weighted by Gasteiger charge is -2.08. The van der Waals surface area contributed by atoms with Crippen molar-refractivity contribution in [2.75, 3.05) is 0 Å². The van der Waals surface area contributed by atoms with Crippen LogP contribution >= 0.6 is 27.5 Å². The highest BCUT2D eigenvalue weighted by Gasteiger charge is 2.06. The number of para-hydroxylation sites is 1. The second-order valence-corrected chi connectivity index (χ2v) is 4.53. The van der Waals surface area contributed by atoms with E-state index in [1.54, 1.807) is 12.1 Å². The molecule has 1 aromatic heterocycles. The molecule has 1 heterocycles. The number of halogens is 2. The zero-order chi connectivity index (χ0) is 12.3. The van der Waals surface area contributed by atoms with Crippen LogP contribution in [0.15, 0.2) is 40.9 Å². The first-order valence-corrected chi connectivity index (χ1v) is 6.06. The van der Waals surface area contributed by atoms with Crippen LogP contribution in [0.25, 0.3) is 0 Å². The van der Waals surface area contributed by atoms with Crippen LogP contribution < -0.4 is 4.74 Å². The van der Waals surface area contributed by atoms with Crippen molar-refractivity contribution in [1.29, 1.82) is 0 Å². The highest BCUT2D eigenvalue weighted by molar-refractivity contribution is 9.10. The van der Waals surface area contributed by atoms with Crippen molar-refractivity contribution in [2.45, 2.75) is 6.61 Å². The zero-order valence-corrected chi connectivity index (χ0v) is 11.1. The summed E-state index contributed by atoms with van der Waals surface area (Å²) in [6.45, 7) is -0.216. The summed E-state index contributed by atoms with van der Waals surface area (Å²) < 4.78 is 6.41. The van der Waals surface area contributed by atoms with Gasteiger partial charge in [0.25, 0.3) is 0 Å². The van der Waals surface area contributed by atoms with Gasteiger partial charge in [-0.05, 0) is 34.1 Å². The predicted molar refractivity (Wildman–Crippen MR) is 69.4 cm³/mol. The number of aliphatic hydroxyl groups excluding tert-OH is 1. The summed E-state index contributed by atoms with van der Waals surface area (Å²) in [5.74, 6) is 1.05. The number of pyridine rings is 1. The summed E-state index contributed by atoms with van der Waals surface area (Å²) in [5, 5.41) is 9.47. The Kier molecular flexibility index (Phi) is 3.99. The Labute approximate surface area is 112 Å². The largest absolute Gasteiger partial charge is 0.438 e. The van der Waals surface area contributed by atoms with Crippen LogP contribution in [-0.2, 0) is 6.61 Å². The molecule has 0 fully saturated rings. The van der Waals surface area contributed by atoms with Gasteiger partial charge in [-0.25, -0.2) is 4.98 Å². The maximum atomic E-state index is 9.05. The van der Waals surface area contributed by atoms with Gasteiger partial charge in [0, 0.05) is 6.07 Å². The average molecular weight is 315 g/mol. The molecule has 1 aromatic carbocycles. The quantitative estimate of drug-likeness (QED) is 0.937. The highest BCUT2D eigenvalue weighted by Crippen LogP contribution is 2.29. The minimum atomic E-state index is -0.216. The first kappa shape index (κ1) is 12.4. The third-order valence-electron chi connectivity index (χ3n) is 2.09. The molecule has 0 spiro atoms. The minimum Gasteiger partial charge on any atom is -0.438 e. The van der Waals surface area contributed by atoms with E-state index in [0.717, 1.165) is 4.47 Å². The van der Waals surface area contributed by atoms with E-state index in [1.807, 2.05) is 24.3 Å². The summed E-state index contributed by atoms with van der Waals surface area (Å²) in [5.41, 5.74) is 0.399. The third-order valence-corrected chi connectivity index (χ3v) is 3.09. The van der Waals surface area contributed by atoms with E-state index in [4.69, 9.17) is 21.4 Å². The SMILES string of the molecule is OCc1nc(Oc2ccccc2Br)ccc1Cl. The van der Waals surface area contributed by atoms with Crippen LogP contribution in [0.3, 0.4) is 0 Å². The molecule has 0 aliphatic rings. The molecule has 1 N–H and O–H groups in total. The third kappa shape index (κ3) is 2.97. The monoisotopic (exact) mass is 313 g/mol. The number of hydrogen-bond acceptors (Lipinski definition) is 3. The van der Waals surface area contributed by atoms with Crippen molar-refractivity contribution < 1.29 is 9.84 Å². The summed E-state index contributed by atoms with van der Waals surface area (Å²) in [6, 6.07) is 10.7. The fraction of sp³-hybridized carbons (Fsp3) is 0.0833. The van der Waals surface area contributed by atoms with Gasteiger partial charge in [0.2, 0.25) is 5.88 Å². The Morgan fingerprint density at radius 3 is 2.71 bits per heavy atom. The highest BCUT2D eigenvalue weighted by atomic mass is 79.9. The van der Waals surface area contributed by atoms with E-state index in [-0.39, 0.29) is 6.61 Å². The van der Waals surface area contributed by atoms with E-state index in [2.05, 4.69) is 20.9 Å². The lowest BCUT2D eigenvalue weighted by Crippen LogP contribution is -1.94. The zero-order valence-electron chi connectivity index (χ0n) is 8.73. The van der Waals surface area contributed by atoms with Crippen LogP contribution in [0.5, 0.6) is 11.6 Å². The fourth-order valence-electron chi connectivity index (χ4n) is 1.27. The molecule has 2 aromatic rings. The lowest BCUT2D eigenvalue weighted by atomic mass is 10.3. The second-order valence-electron chi connectivity index (χ2n) is 3.27. The van der Waals surface area contributed by atoms with Gasteiger partial charge in [-0.1, -0.05) is 23.7 Å². The molecule has 3 nitrogen and oxygen atoms in total. The van der Waals surface area contributed by atoms with Crippen molar-refractivity contribution in [3.63, 3.8) is 0 Å². The van der Waals surface area contributed by atoms with Crippen molar-refractivity contribution in [3.05, 3.63) is 51.6 Å². The number of rotatable bonds is 3. The first-order valence-electron chi connectivity index (χ1n) is 4.89. The van der Waals surface area contributed by atoms with Crippen LogP contribution in [0.4, 0.5) is 0 Å². The molecule has 0 atom stereocenters. The van der Waals surface area contributed by atoms with Crippen molar-refractivity contribution >= 4 is 27.5 Å². The summed E-state index contributed by atoms with van der Waals surface area (Å²) in [4.78, 5) is 4.10. The average Bonchev–Trinajstić information content (AvgIpc) is 2.34. The fourth-order valence-corrected chi connectivity index (χ4v) is 1.80. The molecule has 0 saturated carbocycles. The molecule has 2 rings (SSSR count). The predicted octanol–water partition coefficient (Wildman–Crippen LogP) is 3.78. The number of aliphatic hydroxyl groups is 1. The molecular formula is C12H9BrClNO2. The van der Waals surface area contributed by atoms with Gasteiger partial charge in [-0.15, -0.1) is 0 Å². The molecule has 0 saturated heterocycles. The molecule has 0 aliphatic heterocycles. The maximum absolute atomic E-state index is 9.05. The minimum absolute atomic E-state index is 0.216. The van der Waals surface area contributed by atoms with Crippen LogP contribution in [0.2, 0.25) is 5.02 Å². The number of ether oxygens (including phenoxy) is 1. The van der Waals surface area contributed by atoms with E-state index in [9.17, 15) is 0 Å². The smallest absolute Gasteiger partial charge is 0.219 e. The van der Waals surface area contributed by atoms with E-state index in [1.165, 1.54) is 0 Å².